The number of fused-ring (bicyclic) bond motifs is 1. The average Bonchev–Trinajstić information content (AvgIpc) is 2.59. The van der Waals surface area contributed by atoms with E-state index in [2.05, 4.69) is 10.5 Å². The number of nitrogens with one attached hydrogen (secondary N) is 1. The molecule has 4 heteroatoms. The molecule has 0 spiro atoms. The van der Waals surface area contributed by atoms with E-state index in [1.165, 1.54) is 0 Å². The second-order valence-electron chi connectivity index (χ2n) is 5.18. The molecule has 114 valence electrons. The van der Waals surface area contributed by atoms with Crippen LogP contribution in [-0.4, -0.2) is 16.7 Å². The molecule has 0 atom stereocenters. The fraction of sp³-hybridized carbons (Fsp3) is 0.0526. The maximum absolute atomic E-state index is 12.4. The Morgan fingerprint density at radius 1 is 0.913 bits per heavy atom. The van der Waals surface area contributed by atoms with Gasteiger partial charge in [-0.05, 0) is 35.9 Å². The first-order valence-electron chi connectivity index (χ1n) is 7.27. The summed E-state index contributed by atoms with van der Waals surface area (Å²) in [6.07, 6.45) is 0. The van der Waals surface area contributed by atoms with E-state index in [4.69, 9.17) is 0 Å². The zero-order chi connectivity index (χ0) is 16.2. The second-order valence-corrected chi connectivity index (χ2v) is 5.18. The van der Waals surface area contributed by atoms with Gasteiger partial charge in [0, 0.05) is 11.1 Å². The molecule has 1 amide bonds. The van der Waals surface area contributed by atoms with Crippen LogP contribution >= 0.6 is 0 Å². The van der Waals surface area contributed by atoms with Crippen molar-refractivity contribution in [1.82, 2.24) is 5.43 Å². The van der Waals surface area contributed by atoms with Crippen molar-refractivity contribution in [3.8, 4) is 5.75 Å². The minimum atomic E-state index is -0.281. The van der Waals surface area contributed by atoms with E-state index in [0.717, 1.165) is 10.8 Å². The number of amides is 1. The lowest BCUT2D eigenvalue weighted by Gasteiger charge is -2.07. The first-order chi connectivity index (χ1) is 11.2. The molecule has 0 bridgehead atoms. The molecule has 0 unspecified atom stereocenters. The highest BCUT2D eigenvalue weighted by Crippen LogP contribution is 2.19. The number of carbonyl (C=O) groups is 1. The third-order valence-electron chi connectivity index (χ3n) is 3.65. The number of hydrogen-bond acceptors (Lipinski definition) is 3. The quantitative estimate of drug-likeness (QED) is 0.572. The molecule has 0 saturated heterocycles. The Hall–Kier alpha value is -3.14. The van der Waals surface area contributed by atoms with Crippen LogP contribution < -0.4 is 5.43 Å². The van der Waals surface area contributed by atoms with Crippen molar-refractivity contribution >= 4 is 22.4 Å². The van der Waals surface area contributed by atoms with E-state index in [0.29, 0.717) is 16.8 Å². The largest absolute Gasteiger partial charge is 0.507 e. The van der Waals surface area contributed by atoms with Gasteiger partial charge in [-0.25, -0.2) is 5.43 Å². The molecular formula is C19H16N2O2. The first-order valence-corrected chi connectivity index (χ1v) is 7.27. The molecule has 0 aliphatic rings. The Kier molecular flexibility index (Phi) is 4.06. The van der Waals surface area contributed by atoms with Crippen LogP contribution in [0.5, 0.6) is 5.75 Å². The number of phenols is 1. The number of aromatic hydroxyl groups is 1. The number of benzene rings is 3. The number of hydrazone groups is 1. The normalized spacial score (nSPS) is 11.4. The summed E-state index contributed by atoms with van der Waals surface area (Å²) in [5.41, 5.74) is 4.25. The van der Waals surface area contributed by atoms with Crippen LogP contribution in [0.15, 0.2) is 71.8 Å². The number of nitrogens with zero attached hydrogens (tertiary/aromatic N) is 1. The lowest BCUT2D eigenvalue weighted by atomic mass is 10.0. The number of hydrogen-bond donors (Lipinski definition) is 2. The summed E-state index contributed by atoms with van der Waals surface area (Å²) >= 11 is 0. The molecule has 3 rings (SSSR count). The summed E-state index contributed by atoms with van der Waals surface area (Å²) < 4.78 is 0. The average molecular weight is 304 g/mol. The topological polar surface area (TPSA) is 61.7 Å². The van der Waals surface area contributed by atoms with Gasteiger partial charge in [0.15, 0.2) is 0 Å². The summed E-state index contributed by atoms with van der Waals surface area (Å²) in [4.78, 5) is 12.4. The van der Waals surface area contributed by atoms with Crippen LogP contribution in [-0.2, 0) is 0 Å². The zero-order valence-corrected chi connectivity index (χ0v) is 12.7. The van der Waals surface area contributed by atoms with Crippen LogP contribution in [0.3, 0.4) is 0 Å². The lowest BCUT2D eigenvalue weighted by Crippen LogP contribution is -2.19. The van der Waals surface area contributed by atoms with E-state index in [-0.39, 0.29) is 11.7 Å². The monoisotopic (exact) mass is 304 g/mol. The zero-order valence-electron chi connectivity index (χ0n) is 12.7. The van der Waals surface area contributed by atoms with Crippen molar-refractivity contribution in [2.75, 3.05) is 0 Å². The number of rotatable bonds is 3. The summed E-state index contributed by atoms with van der Waals surface area (Å²) in [7, 11) is 0. The van der Waals surface area contributed by atoms with E-state index in [1.54, 1.807) is 37.3 Å². The van der Waals surface area contributed by atoms with Crippen LogP contribution in [0.1, 0.15) is 22.8 Å². The molecule has 0 heterocycles. The van der Waals surface area contributed by atoms with E-state index < -0.39 is 0 Å². The molecule has 0 radical (unpaired) electrons. The van der Waals surface area contributed by atoms with Gasteiger partial charge >= 0.3 is 0 Å². The van der Waals surface area contributed by atoms with Gasteiger partial charge in [0.05, 0.1) is 5.71 Å². The molecule has 23 heavy (non-hydrogen) atoms. The third kappa shape index (κ3) is 3.06. The van der Waals surface area contributed by atoms with Crippen molar-refractivity contribution < 1.29 is 9.90 Å². The predicted octanol–water partition coefficient (Wildman–Crippen LogP) is 3.70. The van der Waals surface area contributed by atoms with E-state index >= 15 is 0 Å². The molecule has 0 aromatic heterocycles. The number of para-hydroxylation sites is 1. The van der Waals surface area contributed by atoms with Gasteiger partial charge in [0.25, 0.3) is 5.91 Å². The Morgan fingerprint density at radius 2 is 1.57 bits per heavy atom. The van der Waals surface area contributed by atoms with E-state index in [9.17, 15) is 9.90 Å². The molecule has 3 aromatic carbocycles. The summed E-state index contributed by atoms with van der Waals surface area (Å²) in [5.74, 6) is -0.148. The van der Waals surface area contributed by atoms with Gasteiger partial charge in [-0.1, -0.05) is 48.5 Å². The molecule has 2 N–H and O–H groups in total. The number of phenolic OH excluding ortho intramolecular Hbond substituents is 1. The van der Waals surface area contributed by atoms with Gasteiger partial charge in [0.2, 0.25) is 0 Å². The summed E-state index contributed by atoms with van der Waals surface area (Å²) in [5, 5.41) is 15.8. The second kappa shape index (κ2) is 6.32. The van der Waals surface area contributed by atoms with Crippen molar-refractivity contribution in [3.05, 3.63) is 77.9 Å². The van der Waals surface area contributed by atoms with Crippen LogP contribution in [0.4, 0.5) is 0 Å². The van der Waals surface area contributed by atoms with Gasteiger partial charge in [0.1, 0.15) is 5.75 Å². The van der Waals surface area contributed by atoms with Gasteiger partial charge in [-0.2, -0.15) is 5.10 Å². The highest BCUT2D eigenvalue weighted by atomic mass is 16.3. The van der Waals surface area contributed by atoms with Crippen LogP contribution in [0, 0.1) is 0 Å². The Bertz CT molecular complexity index is 895. The summed E-state index contributed by atoms with van der Waals surface area (Å²) in [6, 6.07) is 20.1. The van der Waals surface area contributed by atoms with Crippen molar-refractivity contribution in [3.63, 3.8) is 0 Å². The Labute approximate surface area is 134 Å². The smallest absolute Gasteiger partial charge is 0.272 e. The van der Waals surface area contributed by atoms with Crippen LogP contribution in [0.25, 0.3) is 10.8 Å². The fourth-order valence-corrected chi connectivity index (χ4v) is 2.46. The highest BCUT2D eigenvalue weighted by molar-refractivity contribution is 6.08. The predicted molar refractivity (Wildman–Crippen MR) is 91.7 cm³/mol. The van der Waals surface area contributed by atoms with Gasteiger partial charge < -0.3 is 5.11 Å². The van der Waals surface area contributed by atoms with E-state index in [1.807, 2.05) is 36.4 Å². The SMILES string of the molecule is CC(=NNC(=O)c1cccc2ccccc12)c1ccccc1O. The van der Waals surface area contributed by atoms with Crippen molar-refractivity contribution in [2.24, 2.45) is 5.10 Å². The molecule has 3 aromatic rings. The Morgan fingerprint density at radius 3 is 2.39 bits per heavy atom. The summed E-state index contributed by atoms with van der Waals surface area (Å²) in [6.45, 7) is 1.73. The molecule has 4 nitrogen and oxygen atoms in total. The maximum Gasteiger partial charge on any atom is 0.272 e. The standard InChI is InChI=1S/C19H16N2O2/c1-13(15-9-4-5-12-18(15)22)20-21-19(23)17-11-6-8-14-7-2-3-10-16(14)17/h2-12,22H,1H3,(H,21,23). The molecular weight excluding hydrogens is 288 g/mol. The molecule has 0 aliphatic carbocycles. The van der Waals surface area contributed by atoms with Gasteiger partial charge in [-0.15, -0.1) is 0 Å². The van der Waals surface area contributed by atoms with Crippen LogP contribution in [0.2, 0.25) is 0 Å². The Balaban J connectivity index is 1.87. The number of carbonyl (C=O) groups excluding carboxylic acids is 1. The lowest BCUT2D eigenvalue weighted by molar-refractivity contribution is 0.0956. The van der Waals surface area contributed by atoms with Gasteiger partial charge in [-0.3, -0.25) is 4.79 Å². The minimum absolute atomic E-state index is 0.133. The minimum Gasteiger partial charge on any atom is -0.507 e. The molecule has 0 fully saturated rings. The maximum atomic E-state index is 12.4. The fourth-order valence-electron chi connectivity index (χ4n) is 2.46. The highest BCUT2D eigenvalue weighted by Gasteiger charge is 2.09. The third-order valence-corrected chi connectivity index (χ3v) is 3.65. The van der Waals surface area contributed by atoms with Crippen molar-refractivity contribution in [1.29, 1.82) is 0 Å². The molecule has 0 saturated carbocycles. The first kappa shape index (κ1) is 14.8. The molecule has 0 aliphatic heterocycles. The van der Waals surface area contributed by atoms with Crippen molar-refractivity contribution in [2.45, 2.75) is 6.92 Å².